The Bertz CT molecular complexity index is 478. The second-order valence-corrected chi connectivity index (χ2v) is 4.20. The molecule has 1 rings (SSSR count). The summed E-state index contributed by atoms with van der Waals surface area (Å²) in [5.41, 5.74) is 11.6. The van der Waals surface area contributed by atoms with Gasteiger partial charge in [0.1, 0.15) is 5.82 Å². The number of carbonyl (C=O) groups is 1. The van der Waals surface area contributed by atoms with Crippen LogP contribution in [0.15, 0.2) is 12.3 Å². The van der Waals surface area contributed by atoms with Crippen LogP contribution in [0.25, 0.3) is 0 Å². The first-order valence-electron chi connectivity index (χ1n) is 5.66. The van der Waals surface area contributed by atoms with Gasteiger partial charge < -0.3 is 16.4 Å². The molecule has 0 saturated carbocycles. The van der Waals surface area contributed by atoms with Gasteiger partial charge in [-0.1, -0.05) is 0 Å². The van der Waals surface area contributed by atoms with Crippen molar-refractivity contribution in [1.29, 1.82) is 5.26 Å². The second-order valence-electron chi connectivity index (χ2n) is 4.20. The van der Waals surface area contributed by atoms with E-state index in [0.29, 0.717) is 24.5 Å². The van der Waals surface area contributed by atoms with Crippen LogP contribution in [-0.4, -0.2) is 23.5 Å². The lowest BCUT2D eigenvalue weighted by Gasteiger charge is -2.28. The average Bonchev–Trinajstić information content (AvgIpc) is 2.30. The fourth-order valence-electron chi connectivity index (χ4n) is 1.66. The maximum absolute atomic E-state index is 11.4. The van der Waals surface area contributed by atoms with Crippen molar-refractivity contribution in [3.63, 3.8) is 0 Å². The number of hydrogen-bond donors (Lipinski definition) is 2. The van der Waals surface area contributed by atoms with Gasteiger partial charge in [0.05, 0.1) is 29.9 Å². The molecule has 96 valence electrons. The first-order valence-corrected chi connectivity index (χ1v) is 5.66. The lowest BCUT2D eigenvalue weighted by atomic mass is 10.2. The summed E-state index contributed by atoms with van der Waals surface area (Å²) in [5.74, 6) is -0.102. The van der Waals surface area contributed by atoms with Crippen molar-refractivity contribution in [3.8, 4) is 6.07 Å². The highest BCUT2D eigenvalue weighted by atomic mass is 16.1. The Labute approximate surface area is 106 Å². The number of primary amides is 1. The molecule has 4 N–H and O–H groups in total. The van der Waals surface area contributed by atoms with Crippen LogP contribution >= 0.6 is 0 Å². The summed E-state index contributed by atoms with van der Waals surface area (Å²) in [5, 5.41) is 8.66. The number of nitrogens with two attached hydrogens (primary N) is 2. The molecule has 0 aliphatic heterocycles. The molecule has 0 atom stereocenters. The molecule has 1 aromatic rings. The molecule has 6 nitrogen and oxygen atoms in total. The zero-order valence-electron chi connectivity index (χ0n) is 10.6. The Balaban J connectivity index is 3.19. The van der Waals surface area contributed by atoms with E-state index < -0.39 is 5.91 Å². The SMILES string of the molecule is CC(C)N(CCC#N)c1ncc(N)cc1C(N)=O. The van der Waals surface area contributed by atoms with Crippen molar-refractivity contribution in [3.05, 3.63) is 17.8 Å². The summed E-state index contributed by atoms with van der Waals surface area (Å²) in [4.78, 5) is 17.4. The Morgan fingerprint density at radius 2 is 2.28 bits per heavy atom. The van der Waals surface area contributed by atoms with Gasteiger partial charge in [0, 0.05) is 12.6 Å². The molecule has 0 aliphatic carbocycles. The van der Waals surface area contributed by atoms with Crippen LogP contribution in [0.3, 0.4) is 0 Å². The van der Waals surface area contributed by atoms with E-state index in [4.69, 9.17) is 16.7 Å². The predicted molar refractivity (Wildman–Crippen MR) is 69.9 cm³/mol. The quantitative estimate of drug-likeness (QED) is 0.803. The topological polar surface area (TPSA) is 109 Å². The van der Waals surface area contributed by atoms with Crippen LogP contribution in [0.5, 0.6) is 0 Å². The van der Waals surface area contributed by atoms with Crippen molar-refractivity contribution in [2.75, 3.05) is 17.2 Å². The van der Waals surface area contributed by atoms with Crippen molar-refractivity contribution in [2.24, 2.45) is 5.73 Å². The zero-order valence-corrected chi connectivity index (χ0v) is 10.6. The molecule has 18 heavy (non-hydrogen) atoms. The standard InChI is InChI=1S/C12H17N5O/c1-8(2)17(5-3-4-13)12-10(11(15)18)6-9(14)7-16-12/h6-8H,3,5,14H2,1-2H3,(H2,15,18). The summed E-state index contributed by atoms with van der Waals surface area (Å²) in [6.07, 6.45) is 1.83. The average molecular weight is 247 g/mol. The first kappa shape index (κ1) is 13.8. The number of rotatable bonds is 5. The summed E-state index contributed by atoms with van der Waals surface area (Å²) >= 11 is 0. The van der Waals surface area contributed by atoms with E-state index in [1.54, 1.807) is 0 Å². The molecule has 1 amide bonds. The number of anilines is 2. The van der Waals surface area contributed by atoms with E-state index in [2.05, 4.69) is 11.1 Å². The molecule has 0 saturated heterocycles. The van der Waals surface area contributed by atoms with Gasteiger partial charge in [0.15, 0.2) is 0 Å². The number of nitrogens with zero attached hydrogens (tertiary/aromatic N) is 3. The van der Waals surface area contributed by atoms with Gasteiger partial charge >= 0.3 is 0 Å². The van der Waals surface area contributed by atoms with Crippen LogP contribution in [0.1, 0.15) is 30.6 Å². The van der Waals surface area contributed by atoms with Crippen LogP contribution in [-0.2, 0) is 0 Å². The fraction of sp³-hybridized carbons (Fsp3) is 0.417. The molecule has 1 aromatic heterocycles. The van der Waals surface area contributed by atoms with Crippen LogP contribution in [0.4, 0.5) is 11.5 Å². The number of nitrogen functional groups attached to an aromatic ring is 1. The van der Waals surface area contributed by atoms with Gasteiger partial charge in [-0.15, -0.1) is 0 Å². The highest BCUT2D eigenvalue weighted by molar-refractivity contribution is 5.98. The van der Waals surface area contributed by atoms with Crippen molar-refractivity contribution in [2.45, 2.75) is 26.3 Å². The predicted octanol–water partition coefficient (Wildman–Crippen LogP) is 0.891. The Hall–Kier alpha value is -2.29. The van der Waals surface area contributed by atoms with Gasteiger partial charge in [0.25, 0.3) is 5.91 Å². The normalized spacial score (nSPS) is 10.1. The minimum atomic E-state index is -0.576. The number of aromatic nitrogens is 1. The van der Waals surface area contributed by atoms with E-state index in [1.807, 2.05) is 18.7 Å². The van der Waals surface area contributed by atoms with Gasteiger partial charge in [-0.3, -0.25) is 4.79 Å². The lowest BCUT2D eigenvalue weighted by Crippen LogP contribution is -2.34. The maximum Gasteiger partial charge on any atom is 0.252 e. The third-order valence-corrected chi connectivity index (χ3v) is 2.51. The Morgan fingerprint density at radius 3 is 2.78 bits per heavy atom. The third kappa shape index (κ3) is 3.10. The van der Waals surface area contributed by atoms with E-state index in [1.165, 1.54) is 12.3 Å². The molecule has 0 bridgehead atoms. The number of carbonyl (C=O) groups excluding carboxylic acids is 1. The minimum absolute atomic E-state index is 0.104. The van der Waals surface area contributed by atoms with E-state index in [0.717, 1.165) is 0 Å². The molecule has 1 heterocycles. The van der Waals surface area contributed by atoms with Gasteiger partial charge in [0.2, 0.25) is 0 Å². The number of pyridine rings is 1. The fourth-order valence-corrected chi connectivity index (χ4v) is 1.66. The smallest absolute Gasteiger partial charge is 0.252 e. The highest BCUT2D eigenvalue weighted by Gasteiger charge is 2.18. The first-order chi connectivity index (χ1) is 8.47. The molecule has 0 aliphatic rings. The molecule has 0 spiro atoms. The van der Waals surface area contributed by atoms with Crippen molar-refractivity contribution >= 4 is 17.4 Å². The van der Waals surface area contributed by atoms with Gasteiger partial charge in [-0.25, -0.2) is 4.98 Å². The van der Waals surface area contributed by atoms with Gasteiger partial charge in [-0.05, 0) is 19.9 Å². The van der Waals surface area contributed by atoms with Crippen molar-refractivity contribution in [1.82, 2.24) is 4.98 Å². The summed E-state index contributed by atoms with van der Waals surface area (Å²) < 4.78 is 0. The molecule has 6 heteroatoms. The van der Waals surface area contributed by atoms with E-state index in [9.17, 15) is 4.79 Å². The lowest BCUT2D eigenvalue weighted by molar-refractivity contribution is 0.100. The third-order valence-electron chi connectivity index (χ3n) is 2.51. The van der Waals surface area contributed by atoms with Crippen molar-refractivity contribution < 1.29 is 4.79 Å². The maximum atomic E-state index is 11.4. The Morgan fingerprint density at radius 1 is 1.61 bits per heavy atom. The summed E-state index contributed by atoms with van der Waals surface area (Å²) in [7, 11) is 0. The minimum Gasteiger partial charge on any atom is -0.397 e. The van der Waals surface area contributed by atoms with E-state index in [-0.39, 0.29) is 11.6 Å². The largest absolute Gasteiger partial charge is 0.397 e. The van der Waals surface area contributed by atoms with Crippen LogP contribution in [0.2, 0.25) is 0 Å². The molecule has 0 unspecified atom stereocenters. The molecular formula is C12H17N5O. The monoisotopic (exact) mass is 247 g/mol. The second kappa shape index (κ2) is 5.87. The Kier molecular flexibility index (Phi) is 4.49. The van der Waals surface area contributed by atoms with E-state index >= 15 is 0 Å². The molecule has 0 aromatic carbocycles. The van der Waals surface area contributed by atoms with Crippen LogP contribution < -0.4 is 16.4 Å². The van der Waals surface area contributed by atoms with Crippen LogP contribution in [0, 0.1) is 11.3 Å². The highest BCUT2D eigenvalue weighted by Crippen LogP contribution is 2.21. The number of amides is 1. The van der Waals surface area contributed by atoms with Gasteiger partial charge in [-0.2, -0.15) is 5.26 Å². The summed E-state index contributed by atoms with van der Waals surface area (Å²) in [6.45, 7) is 4.41. The molecule has 0 radical (unpaired) electrons. The molecular weight excluding hydrogens is 230 g/mol. The summed E-state index contributed by atoms with van der Waals surface area (Å²) in [6, 6.07) is 3.68. The molecule has 0 fully saturated rings. The number of nitriles is 1. The zero-order chi connectivity index (χ0) is 13.7. The number of hydrogen-bond acceptors (Lipinski definition) is 5.